The number of rotatable bonds is 4. The lowest BCUT2D eigenvalue weighted by Gasteiger charge is -2.29. The lowest BCUT2D eigenvalue weighted by atomic mass is 9.93. The second-order valence-electron chi connectivity index (χ2n) is 5.50. The Kier molecular flexibility index (Phi) is 5.17. The molecule has 1 N–H and O–H groups in total. The summed E-state index contributed by atoms with van der Waals surface area (Å²) < 4.78 is 6.60. The van der Waals surface area contributed by atoms with Crippen molar-refractivity contribution in [3.05, 3.63) is 47.1 Å². The van der Waals surface area contributed by atoms with Gasteiger partial charge in [-0.15, -0.1) is 0 Å². The molecule has 0 aromatic carbocycles. The van der Waals surface area contributed by atoms with Crippen LogP contribution >= 0.6 is 15.9 Å². The Bertz CT molecular complexity index is 660. The molecular weight excluding hydrogens is 360 g/mol. The Morgan fingerprint density at radius 1 is 1.13 bits per heavy atom. The van der Waals surface area contributed by atoms with E-state index in [9.17, 15) is 4.79 Å². The summed E-state index contributed by atoms with van der Waals surface area (Å²) in [6.07, 6.45) is 11.8. The van der Waals surface area contributed by atoms with E-state index in [1.54, 1.807) is 37.1 Å². The molecule has 0 spiro atoms. The third kappa shape index (κ3) is 4.48. The van der Waals surface area contributed by atoms with Crippen LogP contribution in [0.2, 0.25) is 0 Å². The summed E-state index contributed by atoms with van der Waals surface area (Å²) in [6.45, 7) is 0. The molecule has 0 bridgehead atoms. The van der Waals surface area contributed by atoms with Crippen LogP contribution in [-0.2, 0) is 0 Å². The maximum Gasteiger partial charge on any atom is 0.253 e. The molecule has 6 nitrogen and oxygen atoms in total. The Hall–Kier alpha value is -2.02. The average molecular weight is 377 g/mol. The lowest BCUT2D eigenvalue weighted by Crippen LogP contribution is -2.39. The van der Waals surface area contributed by atoms with Gasteiger partial charge in [0, 0.05) is 35.3 Å². The molecule has 1 saturated carbocycles. The number of carbonyl (C=O) groups is 1. The first-order valence-corrected chi connectivity index (χ1v) is 8.34. The molecule has 2 aromatic rings. The molecule has 0 aliphatic heterocycles. The predicted molar refractivity (Wildman–Crippen MR) is 88.1 cm³/mol. The van der Waals surface area contributed by atoms with Gasteiger partial charge in [-0.25, -0.2) is 4.98 Å². The van der Waals surface area contributed by atoms with Crippen molar-refractivity contribution in [3.63, 3.8) is 0 Å². The van der Waals surface area contributed by atoms with E-state index < -0.39 is 0 Å². The van der Waals surface area contributed by atoms with Gasteiger partial charge in [-0.1, -0.05) is 0 Å². The highest BCUT2D eigenvalue weighted by atomic mass is 79.9. The topological polar surface area (TPSA) is 77.0 Å². The quantitative estimate of drug-likeness (QED) is 0.887. The van der Waals surface area contributed by atoms with Gasteiger partial charge in [-0.3, -0.25) is 14.8 Å². The molecule has 0 saturated heterocycles. The van der Waals surface area contributed by atoms with Gasteiger partial charge >= 0.3 is 0 Å². The van der Waals surface area contributed by atoms with Gasteiger partial charge in [0.2, 0.25) is 5.88 Å². The summed E-state index contributed by atoms with van der Waals surface area (Å²) in [7, 11) is 0. The fourth-order valence-corrected chi connectivity index (χ4v) is 3.01. The first-order chi connectivity index (χ1) is 11.2. The minimum atomic E-state index is -0.0860. The summed E-state index contributed by atoms with van der Waals surface area (Å²) in [5.41, 5.74) is 0.567. The first kappa shape index (κ1) is 15.9. The third-order valence-corrected chi connectivity index (χ3v) is 4.24. The maximum atomic E-state index is 12.2. The van der Waals surface area contributed by atoms with Crippen molar-refractivity contribution in [2.45, 2.75) is 37.8 Å². The normalized spacial score (nSPS) is 20.7. The third-order valence-electron chi connectivity index (χ3n) is 3.80. The molecule has 0 unspecified atom stereocenters. The second kappa shape index (κ2) is 7.50. The number of hydrogen-bond acceptors (Lipinski definition) is 5. The number of pyridine rings is 1. The highest BCUT2D eigenvalue weighted by molar-refractivity contribution is 9.10. The number of halogens is 1. The summed E-state index contributed by atoms with van der Waals surface area (Å²) in [6, 6.07) is 1.94. The van der Waals surface area contributed by atoms with Crippen molar-refractivity contribution in [2.75, 3.05) is 0 Å². The van der Waals surface area contributed by atoms with E-state index in [-0.39, 0.29) is 18.1 Å². The Morgan fingerprint density at radius 2 is 1.96 bits per heavy atom. The van der Waals surface area contributed by atoms with E-state index >= 15 is 0 Å². The maximum absolute atomic E-state index is 12.2. The number of nitrogens with zero attached hydrogens (tertiary/aromatic N) is 3. The number of aromatic nitrogens is 3. The van der Waals surface area contributed by atoms with Crippen LogP contribution in [0.5, 0.6) is 5.88 Å². The second-order valence-corrected chi connectivity index (χ2v) is 6.42. The molecule has 0 atom stereocenters. The zero-order valence-electron chi connectivity index (χ0n) is 12.5. The molecular formula is C16H17BrN4O2. The van der Waals surface area contributed by atoms with Gasteiger partial charge < -0.3 is 10.1 Å². The van der Waals surface area contributed by atoms with E-state index in [0.717, 1.165) is 30.2 Å². The minimum Gasteiger partial charge on any atom is -0.473 e. The Morgan fingerprint density at radius 3 is 2.65 bits per heavy atom. The van der Waals surface area contributed by atoms with E-state index in [1.165, 1.54) is 0 Å². The van der Waals surface area contributed by atoms with Crippen LogP contribution < -0.4 is 10.1 Å². The SMILES string of the molecule is O=C(NC1CCC(Oc2cnccn2)CC1)c1cncc(Br)c1. The van der Waals surface area contributed by atoms with Gasteiger partial charge in [-0.05, 0) is 47.7 Å². The van der Waals surface area contributed by atoms with Crippen molar-refractivity contribution in [1.29, 1.82) is 0 Å². The van der Waals surface area contributed by atoms with Crippen molar-refractivity contribution in [1.82, 2.24) is 20.3 Å². The van der Waals surface area contributed by atoms with E-state index in [0.29, 0.717) is 11.4 Å². The Balaban J connectivity index is 1.48. The molecule has 1 fully saturated rings. The van der Waals surface area contributed by atoms with Crippen LogP contribution in [0.25, 0.3) is 0 Å². The van der Waals surface area contributed by atoms with Crippen LogP contribution in [0.3, 0.4) is 0 Å². The summed E-state index contributed by atoms with van der Waals surface area (Å²) in [5, 5.41) is 3.06. The summed E-state index contributed by atoms with van der Waals surface area (Å²) >= 11 is 3.32. The average Bonchev–Trinajstić information content (AvgIpc) is 2.57. The molecule has 1 aliphatic rings. The van der Waals surface area contributed by atoms with Gasteiger partial charge in [0.1, 0.15) is 6.10 Å². The smallest absolute Gasteiger partial charge is 0.253 e. The van der Waals surface area contributed by atoms with Crippen LogP contribution in [0.1, 0.15) is 36.0 Å². The lowest BCUT2D eigenvalue weighted by molar-refractivity contribution is 0.0889. The molecule has 3 rings (SSSR count). The fourth-order valence-electron chi connectivity index (χ4n) is 2.65. The van der Waals surface area contributed by atoms with Crippen molar-refractivity contribution in [3.8, 4) is 5.88 Å². The molecule has 0 radical (unpaired) electrons. The molecule has 7 heteroatoms. The van der Waals surface area contributed by atoms with Gasteiger partial charge in [0.25, 0.3) is 5.91 Å². The van der Waals surface area contributed by atoms with Gasteiger partial charge in [0.15, 0.2) is 0 Å². The van der Waals surface area contributed by atoms with Crippen molar-refractivity contribution >= 4 is 21.8 Å². The van der Waals surface area contributed by atoms with E-state index in [1.807, 2.05) is 0 Å². The fraction of sp³-hybridized carbons (Fsp3) is 0.375. The largest absolute Gasteiger partial charge is 0.473 e. The minimum absolute atomic E-state index is 0.0860. The zero-order valence-corrected chi connectivity index (χ0v) is 14.1. The number of ether oxygens (including phenoxy) is 1. The monoisotopic (exact) mass is 376 g/mol. The van der Waals surface area contributed by atoms with Crippen LogP contribution in [0.4, 0.5) is 0 Å². The summed E-state index contributed by atoms with van der Waals surface area (Å²) in [5.74, 6) is 0.470. The molecule has 23 heavy (non-hydrogen) atoms. The molecule has 2 aromatic heterocycles. The zero-order chi connectivity index (χ0) is 16.1. The number of nitrogens with one attached hydrogen (secondary N) is 1. The highest BCUT2D eigenvalue weighted by Crippen LogP contribution is 2.23. The van der Waals surface area contributed by atoms with Crippen molar-refractivity contribution in [2.24, 2.45) is 0 Å². The Labute approximate surface area is 142 Å². The van der Waals surface area contributed by atoms with Crippen LogP contribution in [-0.4, -0.2) is 33.0 Å². The number of hydrogen-bond donors (Lipinski definition) is 1. The predicted octanol–water partition coefficient (Wildman–Crippen LogP) is 2.75. The molecule has 2 heterocycles. The number of amides is 1. The highest BCUT2D eigenvalue weighted by Gasteiger charge is 2.24. The number of carbonyl (C=O) groups excluding carboxylic acids is 1. The van der Waals surface area contributed by atoms with E-state index in [2.05, 4.69) is 36.2 Å². The molecule has 1 amide bonds. The van der Waals surface area contributed by atoms with E-state index in [4.69, 9.17) is 4.74 Å². The van der Waals surface area contributed by atoms with Gasteiger partial charge in [0.05, 0.1) is 11.8 Å². The molecule has 120 valence electrons. The van der Waals surface area contributed by atoms with Crippen molar-refractivity contribution < 1.29 is 9.53 Å². The first-order valence-electron chi connectivity index (χ1n) is 7.55. The van der Waals surface area contributed by atoms with Crippen LogP contribution in [0, 0.1) is 0 Å². The summed E-state index contributed by atoms with van der Waals surface area (Å²) in [4.78, 5) is 24.3. The standard InChI is InChI=1S/C16H17BrN4O2/c17-12-7-11(8-19-9-12)16(22)21-13-1-3-14(4-2-13)23-15-10-18-5-6-20-15/h5-10,13-14H,1-4H2,(H,21,22). The molecule has 1 aliphatic carbocycles. The van der Waals surface area contributed by atoms with Gasteiger partial charge in [-0.2, -0.15) is 0 Å². The van der Waals surface area contributed by atoms with Crippen LogP contribution in [0.15, 0.2) is 41.5 Å².